The minimum atomic E-state index is -0.803. The Balaban J connectivity index is 1.87. The third-order valence-electron chi connectivity index (χ3n) is 4.21. The van der Waals surface area contributed by atoms with Crippen molar-refractivity contribution in [2.24, 2.45) is 0 Å². The van der Waals surface area contributed by atoms with Crippen LogP contribution in [-0.4, -0.2) is 51.9 Å². The maximum absolute atomic E-state index is 11.3. The van der Waals surface area contributed by atoms with Crippen LogP contribution in [0, 0.1) is 30.3 Å². The van der Waals surface area contributed by atoms with Gasteiger partial charge in [-0.15, -0.1) is 0 Å². The van der Waals surface area contributed by atoms with Gasteiger partial charge in [0, 0.05) is 53.9 Å². The van der Waals surface area contributed by atoms with Crippen molar-refractivity contribution in [2.75, 3.05) is 41.0 Å². The zero-order chi connectivity index (χ0) is 25.3. The average Bonchev–Trinajstić information content (AvgIpc) is 2.80. The quantitative estimate of drug-likeness (QED) is 0.0829. The van der Waals surface area contributed by atoms with Crippen molar-refractivity contribution in [3.05, 3.63) is 65.7 Å². The van der Waals surface area contributed by atoms with Crippen molar-refractivity contribution in [1.29, 1.82) is 0 Å². The highest BCUT2D eigenvalue weighted by atomic mass is 33.1. The number of nitro benzene ring substituents is 3. The van der Waals surface area contributed by atoms with E-state index >= 15 is 0 Å². The number of nitro groups is 3. The summed E-state index contributed by atoms with van der Waals surface area (Å²) in [6, 6.07) is 4.38. The van der Waals surface area contributed by atoms with Crippen LogP contribution in [-0.2, 0) is 0 Å². The summed E-state index contributed by atoms with van der Waals surface area (Å²) in [5.74, 6) is 0.926. The van der Waals surface area contributed by atoms with Crippen LogP contribution in [0.25, 0.3) is 0 Å². The molecule has 0 aromatic heterocycles. The van der Waals surface area contributed by atoms with Gasteiger partial charge >= 0.3 is 0 Å². The van der Waals surface area contributed by atoms with E-state index < -0.39 is 26.1 Å². The van der Waals surface area contributed by atoms with E-state index in [1.165, 1.54) is 27.7 Å². The lowest BCUT2D eigenvalue weighted by atomic mass is 10.1. The van der Waals surface area contributed by atoms with Gasteiger partial charge in [-0.25, -0.2) is 0 Å². The van der Waals surface area contributed by atoms with Crippen LogP contribution in [0.3, 0.4) is 0 Å². The second-order valence-corrected chi connectivity index (χ2v) is 9.15. The van der Waals surface area contributed by atoms with Crippen molar-refractivity contribution >= 4 is 68.3 Å². The van der Waals surface area contributed by atoms with Crippen molar-refractivity contribution in [3.8, 4) is 0 Å². The molecule has 0 amide bonds. The summed E-state index contributed by atoms with van der Waals surface area (Å²) in [4.78, 5) is 53.3. The number of nitrogens with zero attached hydrogens (tertiary/aromatic N) is 3. The number of carbonyl (C=O) groups is 2. The topological polar surface area (TPSA) is 214 Å². The summed E-state index contributed by atoms with van der Waals surface area (Å²) < 4.78 is 0. The number of nitrogens with one attached hydrogen (secondary N) is 2. The van der Waals surface area contributed by atoms with E-state index in [1.807, 2.05) is 0 Å². The number of carbonyl (C=O) groups excluding carboxylic acids is 2. The summed E-state index contributed by atoms with van der Waals surface area (Å²) >= 11 is 0. The maximum Gasteiger partial charge on any atom is 0.300 e. The lowest BCUT2D eigenvalue weighted by Crippen LogP contribution is -2.10. The Morgan fingerprint density at radius 2 is 1.12 bits per heavy atom. The largest absolute Gasteiger partial charge is 0.397 e. The summed E-state index contributed by atoms with van der Waals surface area (Å²) in [7, 11) is 2.77. The molecule has 14 nitrogen and oxygen atoms in total. The first-order chi connectivity index (χ1) is 16.2. The molecular formula is C18H18N6O8S2. The summed E-state index contributed by atoms with van der Waals surface area (Å²) in [6.07, 6.45) is 0.761. The molecule has 0 heterocycles. The summed E-state index contributed by atoms with van der Waals surface area (Å²) in [6.45, 7) is 0.486. The zero-order valence-corrected chi connectivity index (χ0v) is 18.9. The third kappa shape index (κ3) is 6.79. The second-order valence-electron chi connectivity index (χ2n) is 6.44. The van der Waals surface area contributed by atoms with Gasteiger partial charge in [0.15, 0.2) is 12.0 Å². The molecule has 34 heavy (non-hydrogen) atoms. The summed E-state index contributed by atoms with van der Waals surface area (Å²) in [5.41, 5.74) is 4.15. The number of hydrogen-bond acceptors (Lipinski definition) is 13. The second kappa shape index (κ2) is 12.4. The molecule has 0 aliphatic carbocycles. The predicted molar refractivity (Wildman–Crippen MR) is 130 cm³/mol. The predicted octanol–water partition coefficient (Wildman–Crippen LogP) is 3.52. The van der Waals surface area contributed by atoms with Gasteiger partial charge in [0.25, 0.3) is 17.1 Å². The van der Waals surface area contributed by atoms with Crippen molar-refractivity contribution < 1.29 is 24.4 Å². The standard InChI is InChI=1S/C18H18N6O8S2/c19-13-5-11(9-25)6-14(22(27)28)17(13)20-1-3-33-34-4-2-21-18-15(23(29)30)7-12(10-26)8-16(18)24(31)32/h5-10,20-21H,1-4,19H2. The zero-order valence-electron chi connectivity index (χ0n) is 17.3. The first-order valence-corrected chi connectivity index (χ1v) is 11.9. The molecule has 0 fully saturated rings. The molecule has 0 saturated heterocycles. The molecule has 0 saturated carbocycles. The summed E-state index contributed by atoms with van der Waals surface area (Å²) in [5, 5.41) is 39.3. The van der Waals surface area contributed by atoms with E-state index in [9.17, 15) is 39.9 Å². The number of anilines is 3. The first kappa shape index (κ1) is 26.3. The molecule has 0 unspecified atom stereocenters. The monoisotopic (exact) mass is 510 g/mol. The number of benzene rings is 2. The lowest BCUT2D eigenvalue weighted by Gasteiger charge is -2.10. The van der Waals surface area contributed by atoms with E-state index in [0.29, 0.717) is 30.6 Å². The Hall–Kier alpha value is -3.92. The number of hydrogen-bond donors (Lipinski definition) is 3. The highest BCUT2D eigenvalue weighted by molar-refractivity contribution is 8.76. The Labute approximate surface area is 199 Å². The molecule has 180 valence electrons. The van der Waals surface area contributed by atoms with Gasteiger partial charge in [0.2, 0.25) is 0 Å². The highest BCUT2D eigenvalue weighted by Crippen LogP contribution is 2.36. The fourth-order valence-corrected chi connectivity index (χ4v) is 4.61. The third-order valence-corrected chi connectivity index (χ3v) is 6.62. The average molecular weight is 511 g/mol. The molecule has 0 aliphatic heterocycles. The molecule has 0 bridgehead atoms. The van der Waals surface area contributed by atoms with Crippen LogP contribution < -0.4 is 16.4 Å². The molecule has 2 rings (SSSR count). The van der Waals surface area contributed by atoms with Crippen LogP contribution in [0.15, 0.2) is 24.3 Å². The first-order valence-electron chi connectivity index (χ1n) is 9.36. The van der Waals surface area contributed by atoms with Crippen molar-refractivity contribution in [3.63, 3.8) is 0 Å². The Kier molecular flexibility index (Phi) is 9.57. The van der Waals surface area contributed by atoms with Gasteiger partial charge in [0.1, 0.15) is 12.0 Å². The molecule has 2 aromatic rings. The van der Waals surface area contributed by atoms with E-state index in [2.05, 4.69) is 10.6 Å². The minimum absolute atomic E-state index is 0.0712. The Morgan fingerprint density at radius 1 is 0.735 bits per heavy atom. The molecule has 0 atom stereocenters. The number of aldehydes is 2. The van der Waals surface area contributed by atoms with Gasteiger partial charge in [-0.1, -0.05) is 21.6 Å². The number of nitrogen functional groups attached to an aromatic ring is 1. The fourth-order valence-electron chi connectivity index (χ4n) is 2.80. The van der Waals surface area contributed by atoms with Crippen LogP contribution in [0.2, 0.25) is 0 Å². The molecule has 2 aromatic carbocycles. The molecule has 0 radical (unpaired) electrons. The van der Waals surface area contributed by atoms with E-state index in [1.54, 1.807) is 0 Å². The van der Waals surface area contributed by atoms with Gasteiger partial charge in [-0.05, 0) is 6.07 Å². The van der Waals surface area contributed by atoms with Gasteiger partial charge < -0.3 is 16.4 Å². The fraction of sp³-hybridized carbons (Fsp3) is 0.222. The van der Waals surface area contributed by atoms with E-state index in [0.717, 1.165) is 18.2 Å². The highest BCUT2D eigenvalue weighted by Gasteiger charge is 2.26. The SMILES string of the molecule is Nc1cc(C=O)cc([N+](=O)[O-])c1NCCSSCCNc1c([N+](=O)[O-])cc(C=O)cc1[N+](=O)[O-]. The minimum Gasteiger partial charge on any atom is -0.397 e. The van der Waals surface area contributed by atoms with E-state index in [-0.39, 0.29) is 40.4 Å². The number of rotatable bonds is 14. The van der Waals surface area contributed by atoms with Crippen LogP contribution >= 0.6 is 21.6 Å². The smallest absolute Gasteiger partial charge is 0.300 e. The van der Waals surface area contributed by atoms with Crippen LogP contribution in [0.4, 0.5) is 34.1 Å². The maximum atomic E-state index is 11.3. The molecule has 16 heteroatoms. The van der Waals surface area contributed by atoms with Gasteiger partial charge in [0.05, 0.1) is 20.5 Å². The lowest BCUT2D eigenvalue weighted by molar-refractivity contribution is -0.392. The molecule has 0 aliphatic rings. The molecule has 4 N–H and O–H groups in total. The number of nitrogens with two attached hydrogens (primary N) is 1. The molecule has 0 spiro atoms. The van der Waals surface area contributed by atoms with E-state index in [4.69, 9.17) is 5.73 Å². The van der Waals surface area contributed by atoms with Gasteiger partial charge in [-0.3, -0.25) is 39.9 Å². The van der Waals surface area contributed by atoms with Gasteiger partial charge in [-0.2, -0.15) is 0 Å². The molecular weight excluding hydrogens is 492 g/mol. The Bertz CT molecular complexity index is 1090. The van der Waals surface area contributed by atoms with Crippen LogP contribution in [0.1, 0.15) is 20.7 Å². The normalized spacial score (nSPS) is 10.4. The van der Waals surface area contributed by atoms with Crippen LogP contribution in [0.5, 0.6) is 0 Å². The van der Waals surface area contributed by atoms with Crippen molar-refractivity contribution in [1.82, 2.24) is 0 Å². The Morgan fingerprint density at radius 3 is 1.53 bits per heavy atom. The van der Waals surface area contributed by atoms with Crippen molar-refractivity contribution in [2.45, 2.75) is 0 Å².